The number of anilines is 2. The monoisotopic (exact) mass is 328 g/mol. The number of alkyl halides is 3. The summed E-state index contributed by atoms with van der Waals surface area (Å²) in [5.41, 5.74) is -0.201. The molecule has 1 N–H and O–H groups in total. The number of nitrogens with zero attached hydrogens (tertiary/aromatic N) is 3. The molecule has 1 aromatic carbocycles. The van der Waals surface area contributed by atoms with Crippen LogP contribution in [0.25, 0.3) is 0 Å². The van der Waals surface area contributed by atoms with Crippen LogP contribution in [0.5, 0.6) is 0 Å². The van der Waals surface area contributed by atoms with E-state index in [-0.39, 0.29) is 11.7 Å². The molecule has 0 atom stereocenters. The minimum absolute atomic E-state index is 0.183. The number of halogens is 3. The molecule has 2 amide bonds. The largest absolute Gasteiger partial charge is 0.418 e. The molecule has 23 heavy (non-hydrogen) atoms. The van der Waals surface area contributed by atoms with Gasteiger partial charge in [-0.3, -0.25) is 4.90 Å². The Morgan fingerprint density at radius 2 is 1.78 bits per heavy atom. The molecule has 0 saturated carbocycles. The molecule has 0 radical (unpaired) electrons. The van der Waals surface area contributed by atoms with E-state index < -0.39 is 11.7 Å². The number of carbonyl (C=O) groups is 1. The number of benzene rings is 1. The molecule has 0 bridgehead atoms. The first kappa shape index (κ1) is 15.9. The highest BCUT2D eigenvalue weighted by molar-refractivity contribution is 5.94. The van der Waals surface area contributed by atoms with Gasteiger partial charge in [0.25, 0.3) is 0 Å². The van der Waals surface area contributed by atoms with E-state index in [2.05, 4.69) is 5.32 Å². The number of amides is 2. The highest BCUT2D eigenvalue weighted by Gasteiger charge is 2.37. The zero-order valence-electron chi connectivity index (χ0n) is 12.9. The molecular formula is C15H19F3N4O. The van der Waals surface area contributed by atoms with Crippen molar-refractivity contribution in [2.75, 3.05) is 56.1 Å². The zero-order chi connectivity index (χ0) is 16.6. The molecule has 0 aliphatic carbocycles. The second-order valence-corrected chi connectivity index (χ2v) is 5.79. The Labute approximate surface area is 132 Å². The molecular weight excluding hydrogens is 309 g/mol. The van der Waals surface area contributed by atoms with Gasteiger partial charge in [0.2, 0.25) is 0 Å². The first-order chi connectivity index (χ1) is 10.9. The van der Waals surface area contributed by atoms with Gasteiger partial charge in [-0.15, -0.1) is 0 Å². The molecule has 8 heteroatoms. The Morgan fingerprint density at radius 3 is 2.35 bits per heavy atom. The third-order valence-electron chi connectivity index (χ3n) is 4.27. The van der Waals surface area contributed by atoms with Gasteiger partial charge in [-0.05, 0) is 18.2 Å². The Morgan fingerprint density at radius 1 is 1.09 bits per heavy atom. The van der Waals surface area contributed by atoms with E-state index in [0.717, 1.165) is 6.07 Å². The lowest BCUT2D eigenvalue weighted by Crippen LogP contribution is -2.44. The van der Waals surface area contributed by atoms with Crippen molar-refractivity contribution in [2.24, 2.45) is 0 Å². The number of nitrogens with one attached hydrogen (secondary N) is 1. The van der Waals surface area contributed by atoms with E-state index in [1.54, 1.807) is 18.0 Å². The van der Waals surface area contributed by atoms with Crippen LogP contribution in [-0.4, -0.2) is 57.2 Å². The molecule has 3 rings (SSSR count). The predicted molar refractivity (Wildman–Crippen MR) is 81.9 cm³/mol. The molecule has 2 fully saturated rings. The molecule has 2 heterocycles. The van der Waals surface area contributed by atoms with Gasteiger partial charge in [-0.1, -0.05) is 0 Å². The lowest BCUT2D eigenvalue weighted by atomic mass is 10.1. The topological polar surface area (TPSA) is 38.8 Å². The van der Waals surface area contributed by atoms with Crippen molar-refractivity contribution in [3.8, 4) is 0 Å². The minimum Gasteiger partial charge on any atom is -0.368 e. The first-order valence-corrected chi connectivity index (χ1v) is 7.57. The Kier molecular flexibility index (Phi) is 4.09. The van der Waals surface area contributed by atoms with Crippen LogP contribution in [0.4, 0.5) is 29.3 Å². The summed E-state index contributed by atoms with van der Waals surface area (Å²) < 4.78 is 40.5. The van der Waals surface area contributed by atoms with Gasteiger partial charge in [0, 0.05) is 57.7 Å². The fraction of sp³-hybridized carbons (Fsp3) is 0.533. The second-order valence-electron chi connectivity index (χ2n) is 5.79. The quantitative estimate of drug-likeness (QED) is 0.902. The summed E-state index contributed by atoms with van der Waals surface area (Å²) in [7, 11) is 1.64. The molecule has 2 saturated heterocycles. The lowest BCUT2D eigenvalue weighted by Gasteiger charge is -2.32. The second kappa shape index (κ2) is 5.92. The maximum Gasteiger partial charge on any atom is 0.418 e. The average Bonchev–Trinajstić information content (AvgIpc) is 2.86. The molecule has 2 aliphatic heterocycles. The van der Waals surface area contributed by atoms with Crippen molar-refractivity contribution in [1.29, 1.82) is 0 Å². The van der Waals surface area contributed by atoms with Gasteiger partial charge < -0.3 is 15.1 Å². The van der Waals surface area contributed by atoms with Gasteiger partial charge in [0.05, 0.1) is 5.56 Å². The molecule has 5 nitrogen and oxygen atoms in total. The Bertz CT molecular complexity index is 599. The summed E-state index contributed by atoms with van der Waals surface area (Å²) in [5, 5.41) is 3.13. The van der Waals surface area contributed by atoms with Crippen LogP contribution in [0.3, 0.4) is 0 Å². The summed E-state index contributed by atoms with van der Waals surface area (Å²) in [4.78, 5) is 16.6. The number of rotatable bonds is 2. The van der Waals surface area contributed by atoms with E-state index in [1.807, 2.05) is 0 Å². The van der Waals surface area contributed by atoms with Crippen LogP contribution >= 0.6 is 0 Å². The van der Waals surface area contributed by atoms with Gasteiger partial charge in [-0.2, -0.15) is 13.2 Å². The van der Waals surface area contributed by atoms with E-state index >= 15 is 0 Å². The SMILES string of the molecule is CN1CCN(c2ccc(N3CCNCC3)c(C(F)(F)F)c2)C1=O. The van der Waals surface area contributed by atoms with Crippen LogP contribution in [0.1, 0.15) is 5.56 Å². The summed E-state index contributed by atoms with van der Waals surface area (Å²) in [6.07, 6.45) is -4.45. The first-order valence-electron chi connectivity index (χ1n) is 7.57. The Balaban J connectivity index is 1.97. The highest BCUT2D eigenvalue weighted by Crippen LogP contribution is 2.39. The van der Waals surface area contributed by atoms with Crippen LogP contribution in [0.2, 0.25) is 0 Å². The van der Waals surface area contributed by atoms with Crippen LogP contribution in [0, 0.1) is 0 Å². The van der Waals surface area contributed by atoms with Crippen molar-refractivity contribution in [1.82, 2.24) is 10.2 Å². The summed E-state index contributed by atoms with van der Waals surface area (Å²) in [6.45, 7) is 3.31. The van der Waals surface area contributed by atoms with Crippen LogP contribution < -0.4 is 15.1 Å². The third kappa shape index (κ3) is 3.08. The predicted octanol–water partition coefficient (Wildman–Crippen LogP) is 1.99. The van der Waals surface area contributed by atoms with Gasteiger partial charge in [0.1, 0.15) is 0 Å². The van der Waals surface area contributed by atoms with E-state index in [1.165, 1.54) is 15.9 Å². The average molecular weight is 328 g/mol. The number of carbonyl (C=O) groups excluding carboxylic acids is 1. The van der Waals surface area contributed by atoms with E-state index in [0.29, 0.717) is 45.0 Å². The van der Waals surface area contributed by atoms with Gasteiger partial charge in [0.15, 0.2) is 0 Å². The van der Waals surface area contributed by atoms with Crippen molar-refractivity contribution in [2.45, 2.75) is 6.18 Å². The zero-order valence-corrected chi connectivity index (χ0v) is 12.9. The van der Waals surface area contributed by atoms with Gasteiger partial charge >= 0.3 is 12.2 Å². The summed E-state index contributed by atoms with van der Waals surface area (Å²) in [5.74, 6) is 0. The fourth-order valence-electron chi connectivity index (χ4n) is 2.99. The molecule has 0 aromatic heterocycles. The molecule has 0 unspecified atom stereocenters. The maximum atomic E-state index is 13.5. The van der Waals surface area contributed by atoms with Crippen molar-refractivity contribution < 1.29 is 18.0 Å². The van der Waals surface area contributed by atoms with Crippen molar-refractivity contribution >= 4 is 17.4 Å². The third-order valence-corrected chi connectivity index (χ3v) is 4.27. The number of hydrogen-bond acceptors (Lipinski definition) is 3. The van der Waals surface area contributed by atoms with Crippen LogP contribution in [0.15, 0.2) is 18.2 Å². The smallest absolute Gasteiger partial charge is 0.368 e. The van der Waals surface area contributed by atoms with Gasteiger partial charge in [-0.25, -0.2) is 4.79 Å². The minimum atomic E-state index is -4.45. The number of piperazine rings is 1. The summed E-state index contributed by atoms with van der Waals surface area (Å²) >= 11 is 0. The highest BCUT2D eigenvalue weighted by atomic mass is 19.4. The molecule has 0 spiro atoms. The molecule has 126 valence electrons. The molecule has 1 aromatic rings. The maximum absolute atomic E-state index is 13.5. The fourth-order valence-corrected chi connectivity index (χ4v) is 2.99. The Hall–Kier alpha value is -1.96. The van der Waals surface area contributed by atoms with E-state index in [4.69, 9.17) is 0 Å². The molecule has 2 aliphatic rings. The number of urea groups is 1. The van der Waals surface area contributed by atoms with Crippen LogP contribution in [-0.2, 0) is 6.18 Å². The lowest BCUT2D eigenvalue weighted by molar-refractivity contribution is -0.137. The standard InChI is InChI=1S/C15H19F3N4O/c1-20-8-9-22(14(20)23)11-2-3-13(12(10-11)15(16,17)18)21-6-4-19-5-7-21/h2-3,10,19H,4-9H2,1H3. The normalized spacial score (nSPS) is 19.7. The summed E-state index contributed by atoms with van der Waals surface area (Å²) in [6, 6.07) is 3.90. The van der Waals surface area contributed by atoms with E-state index in [9.17, 15) is 18.0 Å². The number of hydrogen-bond donors (Lipinski definition) is 1. The van der Waals surface area contributed by atoms with Crippen molar-refractivity contribution in [3.63, 3.8) is 0 Å². The number of likely N-dealkylation sites (N-methyl/N-ethyl adjacent to an activating group) is 1. The van der Waals surface area contributed by atoms with Crippen molar-refractivity contribution in [3.05, 3.63) is 23.8 Å².